The van der Waals surface area contributed by atoms with E-state index >= 15 is 0 Å². The molecule has 0 spiro atoms. The van der Waals surface area contributed by atoms with Crippen LogP contribution in [0, 0.1) is 17.6 Å². The molecule has 48 heavy (non-hydrogen) atoms. The van der Waals surface area contributed by atoms with Gasteiger partial charge in [0.1, 0.15) is 17.5 Å². The van der Waals surface area contributed by atoms with E-state index < -0.39 is 34.8 Å². The maximum atomic E-state index is 14.2. The molecule has 254 valence electrons. The Labute approximate surface area is 276 Å². The quantitative estimate of drug-likeness (QED) is 0.283. The van der Waals surface area contributed by atoms with E-state index in [0.29, 0.717) is 87.8 Å². The summed E-state index contributed by atoms with van der Waals surface area (Å²) < 4.78 is 72.9. The van der Waals surface area contributed by atoms with E-state index in [0.717, 1.165) is 12.1 Å². The number of aliphatic imine (C=N–C) groups is 1. The van der Waals surface area contributed by atoms with Crippen molar-refractivity contribution in [3.8, 4) is 0 Å². The number of carbonyl (C=O) groups is 2. The zero-order chi connectivity index (χ0) is 34.1. The number of amidine groups is 1. The minimum atomic E-state index is -4.44. The van der Waals surface area contributed by atoms with Gasteiger partial charge in [-0.1, -0.05) is 36.4 Å². The van der Waals surface area contributed by atoms with E-state index in [9.17, 15) is 31.5 Å². The van der Waals surface area contributed by atoms with Gasteiger partial charge in [0.05, 0.1) is 24.7 Å². The highest BCUT2D eigenvalue weighted by atomic mass is 19.4. The van der Waals surface area contributed by atoms with Crippen LogP contribution in [0.3, 0.4) is 0 Å². The number of morpholine rings is 1. The number of benzene rings is 3. The molecule has 3 heterocycles. The van der Waals surface area contributed by atoms with Crippen LogP contribution < -0.4 is 0 Å². The molecule has 0 aromatic heterocycles. The van der Waals surface area contributed by atoms with Gasteiger partial charge in [-0.15, -0.1) is 0 Å². The predicted octanol–water partition coefficient (Wildman–Crippen LogP) is 5.84. The maximum absolute atomic E-state index is 14.2. The Hall–Kier alpha value is -4.16. The summed E-state index contributed by atoms with van der Waals surface area (Å²) in [4.78, 5) is 38.3. The number of halogens is 5. The molecule has 3 aromatic carbocycles. The van der Waals surface area contributed by atoms with Crippen molar-refractivity contribution in [1.29, 1.82) is 0 Å². The fraction of sp³-hybridized carbons (Fsp3) is 0.417. The number of hydrogen-bond donors (Lipinski definition) is 0. The second kappa shape index (κ2) is 13.8. The largest absolute Gasteiger partial charge is 0.416 e. The normalized spacial score (nSPS) is 21.8. The molecule has 6 rings (SSSR count). The highest BCUT2D eigenvalue weighted by molar-refractivity contribution is 6.09. The molecule has 2 unspecified atom stereocenters. The SMILES string of the molecule is CC1=NC(c2ccc(F)cc2)(c2ccc(F)cc2)C(=O)N1CCCN1CCC(c2ccc(C(F)(F)F)cc2)C(C(=O)N2CCOCC2)C1. The predicted molar refractivity (Wildman–Crippen MR) is 169 cm³/mol. The van der Waals surface area contributed by atoms with Crippen molar-refractivity contribution in [2.75, 3.05) is 52.5 Å². The minimum absolute atomic E-state index is 0.0334. The Balaban J connectivity index is 1.17. The minimum Gasteiger partial charge on any atom is -0.378 e. The molecule has 0 bridgehead atoms. The molecule has 2 saturated heterocycles. The summed E-state index contributed by atoms with van der Waals surface area (Å²) in [6, 6.07) is 16.3. The average molecular weight is 669 g/mol. The van der Waals surface area contributed by atoms with E-state index in [4.69, 9.17) is 9.73 Å². The van der Waals surface area contributed by atoms with Crippen LogP contribution in [0.25, 0.3) is 0 Å². The zero-order valence-electron chi connectivity index (χ0n) is 26.6. The lowest BCUT2D eigenvalue weighted by molar-refractivity contribution is -0.142. The van der Waals surface area contributed by atoms with Crippen molar-refractivity contribution in [3.63, 3.8) is 0 Å². The number of alkyl halides is 3. The van der Waals surface area contributed by atoms with E-state index in [-0.39, 0.29) is 17.7 Å². The molecule has 2 atom stereocenters. The lowest BCUT2D eigenvalue weighted by Gasteiger charge is -2.41. The van der Waals surface area contributed by atoms with Gasteiger partial charge in [-0.2, -0.15) is 13.2 Å². The van der Waals surface area contributed by atoms with Crippen molar-refractivity contribution >= 4 is 17.6 Å². The van der Waals surface area contributed by atoms with Crippen molar-refractivity contribution < 1.29 is 36.3 Å². The molecule has 0 radical (unpaired) electrons. The van der Waals surface area contributed by atoms with Crippen LogP contribution in [0.5, 0.6) is 0 Å². The molecule has 7 nitrogen and oxygen atoms in total. The Bertz CT molecular complexity index is 1590. The molecule has 3 aromatic rings. The Kier molecular flexibility index (Phi) is 9.67. The summed E-state index contributed by atoms with van der Waals surface area (Å²) in [7, 11) is 0. The van der Waals surface area contributed by atoms with Gasteiger partial charge in [-0.3, -0.25) is 14.5 Å². The lowest BCUT2D eigenvalue weighted by Crippen LogP contribution is -2.51. The van der Waals surface area contributed by atoms with E-state index in [1.807, 2.05) is 0 Å². The number of likely N-dealkylation sites (tertiary alicyclic amines) is 1. The van der Waals surface area contributed by atoms with E-state index in [1.165, 1.54) is 60.7 Å². The summed E-state index contributed by atoms with van der Waals surface area (Å²) in [6.07, 6.45) is -3.29. The fourth-order valence-corrected chi connectivity index (χ4v) is 7.14. The number of rotatable bonds is 8. The van der Waals surface area contributed by atoms with Crippen LogP contribution in [0.4, 0.5) is 22.0 Å². The Morgan fingerprint density at radius 3 is 2.02 bits per heavy atom. The highest BCUT2D eigenvalue weighted by Gasteiger charge is 2.50. The summed E-state index contributed by atoms with van der Waals surface area (Å²) >= 11 is 0. The first-order valence-electron chi connectivity index (χ1n) is 16.1. The summed E-state index contributed by atoms with van der Waals surface area (Å²) in [5, 5.41) is 0. The molecule has 2 amide bonds. The second-order valence-electron chi connectivity index (χ2n) is 12.6. The van der Waals surface area contributed by atoms with Gasteiger partial charge in [0.25, 0.3) is 5.91 Å². The molecule has 12 heteroatoms. The lowest BCUT2D eigenvalue weighted by atomic mass is 9.79. The molecule has 0 aliphatic carbocycles. The van der Waals surface area contributed by atoms with Crippen molar-refractivity contribution in [3.05, 3.63) is 107 Å². The molecule has 0 N–H and O–H groups in total. The molecule has 3 aliphatic heterocycles. The van der Waals surface area contributed by atoms with Gasteiger partial charge in [0.15, 0.2) is 5.54 Å². The van der Waals surface area contributed by atoms with Gasteiger partial charge < -0.3 is 14.5 Å². The summed E-state index contributed by atoms with van der Waals surface area (Å²) in [5.41, 5.74) is -0.560. The van der Waals surface area contributed by atoms with Crippen LogP contribution in [-0.2, 0) is 26.0 Å². The smallest absolute Gasteiger partial charge is 0.378 e. The van der Waals surface area contributed by atoms with Crippen molar-refractivity contribution in [2.45, 2.75) is 37.4 Å². The van der Waals surface area contributed by atoms with Crippen molar-refractivity contribution in [1.82, 2.24) is 14.7 Å². The standard InChI is InChI=1S/C36H37F5N4O3/c1-24-42-35(26-7-11-29(37)12-8-26,27-9-13-30(38)14-10-27)34(47)45(24)17-2-16-43-18-15-31(25-3-5-28(6-4-25)36(39,40)41)32(23-43)33(46)44-19-21-48-22-20-44/h3-14,31-32H,2,15-23H2,1H3. The van der Waals surface area contributed by atoms with Crippen LogP contribution in [0.15, 0.2) is 77.8 Å². The third-order valence-corrected chi connectivity index (χ3v) is 9.66. The first-order chi connectivity index (χ1) is 23.0. The third kappa shape index (κ3) is 6.73. The summed E-state index contributed by atoms with van der Waals surface area (Å²) in [5.74, 6) is -1.47. The van der Waals surface area contributed by atoms with Crippen LogP contribution in [0.1, 0.15) is 47.9 Å². The Morgan fingerprint density at radius 2 is 1.46 bits per heavy atom. The number of ether oxygens (including phenoxy) is 1. The number of nitrogens with zero attached hydrogens (tertiary/aromatic N) is 4. The zero-order valence-corrected chi connectivity index (χ0v) is 26.6. The van der Waals surface area contributed by atoms with Crippen LogP contribution >= 0.6 is 0 Å². The monoisotopic (exact) mass is 668 g/mol. The Morgan fingerprint density at radius 1 is 0.875 bits per heavy atom. The molecular weight excluding hydrogens is 631 g/mol. The fourth-order valence-electron chi connectivity index (χ4n) is 7.14. The van der Waals surface area contributed by atoms with Crippen LogP contribution in [0.2, 0.25) is 0 Å². The van der Waals surface area contributed by atoms with E-state index in [2.05, 4.69) is 4.90 Å². The van der Waals surface area contributed by atoms with Gasteiger partial charge in [0.2, 0.25) is 5.91 Å². The number of piperidine rings is 1. The van der Waals surface area contributed by atoms with E-state index in [1.54, 1.807) is 16.7 Å². The maximum Gasteiger partial charge on any atom is 0.416 e. The summed E-state index contributed by atoms with van der Waals surface area (Å²) in [6.45, 7) is 5.52. The third-order valence-electron chi connectivity index (χ3n) is 9.66. The number of hydrogen-bond acceptors (Lipinski definition) is 5. The first-order valence-corrected chi connectivity index (χ1v) is 16.1. The highest BCUT2D eigenvalue weighted by Crippen LogP contribution is 2.41. The number of amides is 2. The number of carbonyl (C=O) groups excluding carboxylic acids is 2. The van der Waals surface area contributed by atoms with Crippen LogP contribution in [-0.4, -0.2) is 84.8 Å². The van der Waals surface area contributed by atoms with Crippen molar-refractivity contribution in [2.24, 2.45) is 10.9 Å². The topological polar surface area (TPSA) is 65.5 Å². The van der Waals surface area contributed by atoms with Gasteiger partial charge in [0, 0.05) is 26.2 Å². The second-order valence-corrected chi connectivity index (χ2v) is 12.6. The molecule has 2 fully saturated rings. The first kappa shape index (κ1) is 33.7. The molecule has 0 saturated carbocycles. The van der Waals surface area contributed by atoms with Gasteiger partial charge >= 0.3 is 6.18 Å². The van der Waals surface area contributed by atoms with Gasteiger partial charge in [-0.05, 0) is 91.9 Å². The van der Waals surface area contributed by atoms with Gasteiger partial charge in [-0.25, -0.2) is 13.8 Å². The molecule has 3 aliphatic rings. The molecular formula is C36H37F5N4O3. The average Bonchev–Trinajstić information content (AvgIpc) is 3.34.